The molecule has 2 rings (SSSR count). The van der Waals surface area contributed by atoms with E-state index in [1.165, 1.54) is 0 Å². The van der Waals surface area contributed by atoms with Crippen LogP contribution in [0.1, 0.15) is 39.0 Å². The first kappa shape index (κ1) is 8.07. The Bertz CT molecular complexity index is 231. The van der Waals surface area contributed by atoms with Gasteiger partial charge < -0.3 is 5.11 Å². The largest absolute Gasteiger partial charge is 0.388 e. The Morgan fingerprint density at radius 1 is 1.42 bits per heavy atom. The quantitative estimate of drug-likeness (QED) is 0.644. The summed E-state index contributed by atoms with van der Waals surface area (Å²) >= 11 is 0. The molecule has 0 aromatic rings. The van der Waals surface area contributed by atoms with Crippen LogP contribution < -0.4 is 0 Å². The Balaban J connectivity index is 2.13. The van der Waals surface area contributed by atoms with Crippen LogP contribution in [0.4, 0.5) is 0 Å². The van der Waals surface area contributed by atoms with Crippen molar-refractivity contribution in [2.45, 2.75) is 44.6 Å². The maximum Gasteiger partial charge on any atom is 0.0860 e. The third-order valence-electron chi connectivity index (χ3n) is 3.68. The van der Waals surface area contributed by atoms with E-state index in [1.807, 2.05) is 0 Å². The molecule has 0 bridgehead atoms. The zero-order chi connectivity index (χ0) is 8.82. The monoisotopic (exact) mass is 165 g/mol. The van der Waals surface area contributed by atoms with E-state index in [9.17, 15) is 5.11 Å². The molecule has 0 unspecified atom stereocenters. The van der Waals surface area contributed by atoms with Crippen molar-refractivity contribution in [3.63, 3.8) is 0 Å². The number of hydrogen-bond donors (Lipinski definition) is 1. The maximum atomic E-state index is 10.1. The molecule has 0 amide bonds. The van der Waals surface area contributed by atoms with Crippen LogP contribution >= 0.6 is 0 Å². The minimum atomic E-state index is -0.626. The van der Waals surface area contributed by atoms with E-state index >= 15 is 0 Å². The molecule has 0 spiro atoms. The van der Waals surface area contributed by atoms with Gasteiger partial charge in [-0.3, -0.25) is 0 Å². The Hall–Kier alpha value is -0.550. The molecule has 1 N–H and O–H groups in total. The third-order valence-corrected chi connectivity index (χ3v) is 3.68. The summed E-state index contributed by atoms with van der Waals surface area (Å²) in [5.41, 5.74) is -0.987. The zero-order valence-corrected chi connectivity index (χ0v) is 7.51. The number of nitrogens with zero attached hydrogens (tertiary/aromatic N) is 1. The SMILES string of the molecule is CC1CC(O)(C2(C#N)CCC2)C1. The summed E-state index contributed by atoms with van der Waals surface area (Å²) in [6.07, 6.45) is 4.60. The number of aliphatic hydroxyl groups is 1. The molecule has 66 valence electrons. The summed E-state index contributed by atoms with van der Waals surface area (Å²) < 4.78 is 0. The van der Waals surface area contributed by atoms with Crippen LogP contribution in [-0.4, -0.2) is 10.7 Å². The lowest BCUT2D eigenvalue weighted by molar-refractivity contribution is -0.168. The van der Waals surface area contributed by atoms with Crippen LogP contribution in [0.5, 0.6) is 0 Å². The lowest BCUT2D eigenvalue weighted by atomic mass is 9.50. The zero-order valence-electron chi connectivity index (χ0n) is 7.51. The van der Waals surface area contributed by atoms with Gasteiger partial charge in [0.15, 0.2) is 0 Å². The van der Waals surface area contributed by atoms with Gasteiger partial charge in [-0.05, 0) is 31.6 Å². The van der Waals surface area contributed by atoms with Crippen molar-refractivity contribution in [1.29, 1.82) is 5.26 Å². The summed E-state index contributed by atoms with van der Waals surface area (Å²) in [4.78, 5) is 0. The van der Waals surface area contributed by atoms with Gasteiger partial charge in [0.2, 0.25) is 0 Å². The van der Waals surface area contributed by atoms with Crippen LogP contribution in [0.15, 0.2) is 0 Å². The molecular formula is C10H15NO. The Morgan fingerprint density at radius 3 is 2.25 bits per heavy atom. The highest BCUT2D eigenvalue weighted by atomic mass is 16.3. The van der Waals surface area contributed by atoms with Crippen LogP contribution in [0.3, 0.4) is 0 Å². The first-order valence-corrected chi connectivity index (χ1v) is 4.76. The number of rotatable bonds is 1. The summed E-state index contributed by atoms with van der Waals surface area (Å²) in [6, 6.07) is 2.33. The molecule has 2 saturated carbocycles. The average Bonchev–Trinajstić information content (AvgIpc) is 1.82. The maximum absolute atomic E-state index is 10.1. The van der Waals surface area contributed by atoms with Crippen molar-refractivity contribution in [2.24, 2.45) is 11.3 Å². The van der Waals surface area contributed by atoms with E-state index in [2.05, 4.69) is 13.0 Å². The van der Waals surface area contributed by atoms with Crippen molar-refractivity contribution < 1.29 is 5.11 Å². The van der Waals surface area contributed by atoms with Crippen LogP contribution in [0.25, 0.3) is 0 Å². The predicted octanol–water partition coefficient (Wildman–Crippen LogP) is 1.84. The highest BCUT2D eigenvalue weighted by Crippen LogP contribution is 2.58. The van der Waals surface area contributed by atoms with Crippen molar-refractivity contribution in [1.82, 2.24) is 0 Å². The van der Waals surface area contributed by atoms with Gasteiger partial charge >= 0.3 is 0 Å². The third kappa shape index (κ3) is 0.778. The molecule has 2 heteroatoms. The molecular weight excluding hydrogens is 150 g/mol. The van der Waals surface area contributed by atoms with E-state index < -0.39 is 5.60 Å². The van der Waals surface area contributed by atoms with E-state index in [4.69, 9.17) is 5.26 Å². The van der Waals surface area contributed by atoms with Gasteiger partial charge in [-0.15, -0.1) is 0 Å². The standard InChI is InChI=1S/C10H15NO/c1-8-5-10(12,6-8)9(7-11)3-2-4-9/h8,12H,2-6H2,1H3. The summed E-state index contributed by atoms with van der Waals surface area (Å²) in [5.74, 6) is 0.612. The molecule has 2 aliphatic rings. The summed E-state index contributed by atoms with van der Waals surface area (Å²) in [7, 11) is 0. The molecule has 2 nitrogen and oxygen atoms in total. The molecule has 0 atom stereocenters. The molecule has 12 heavy (non-hydrogen) atoms. The molecule has 0 radical (unpaired) electrons. The van der Waals surface area contributed by atoms with Gasteiger partial charge in [0.1, 0.15) is 0 Å². The van der Waals surface area contributed by atoms with Gasteiger partial charge in [0, 0.05) is 0 Å². The highest BCUT2D eigenvalue weighted by Gasteiger charge is 2.59. The molecule has 0 aromatic carbocycles. The van der Waals surface area contributed by atoms with Gasteiger partial charge in [0.05, 0.1) is 17.1 Å². The van der Waals surface area contributed by atoms with E-state index in [-0.39, 0.29) is 5.41 Å². The normalized spacial score (nSPS) is 43.9. The van der Waals surface area contributed by atoms with Crippen LogP contribution in [0, 0.1) is 22.7 Å². The number of nitriles is 1. The van der Waals surface area contributed by atoms with Gasteiger partial charge in [-0.1, -0.05) is 13.3 Å². The minimum absolute atomic E-state index is 0.362. The Kier molecular flexibility index (Phi) is 1.50. The Morgan fingerprint density at radius 2 is 2.00 bits per heavy atom. The van der Waals surface area contributed by atoms with Gasteiger partial charge in [0.25, 0.3) is 0 Å². The second kappa shape index (κ2) is 2.23. The lowest BCUT2D eigenvalue weighted by Gasteiger charge is -2.56. The first-order chi connectivity index (χ1) is 5.62. The lowest BCUT2D eigenvalue weighted by Crippen LogP contribution is -2.58. The summed E-state index contributed by atoms with van der Waals surface area (Å²) in [5, 5.41) is 19.1. The fraction of sp³-hybridized carbons (Fsp3) is 0.900. The molecule has 0 heterocycles. The van der Waals surface area contributed by atoms with Crippen molar-refractivity contribution in [3.8, 4) is 6.07 Å². The van der Waals surface area contributed by atoms with Crippen LogP contribution in [0.2, 0.25) is 0 Å². The van der Waals surface area contributed by atoms with Gasteiger partial charge in [-0.2, -0.15) is 5.26 Å². The molecule has 2 aliphatic carbocycles. The molecule has 0 aliphatic heterocycles. The minimum Gasteiger partial charge on any atom is -0.388 e. The van der Waals surface area contributed by atoms with Crippen molar-refractivity contribution >= 4 is 0 Å². The molecule has 2 fully saturated rings. The smallest absolute Gasteiger partial charge is 0.0860 e. The molecule has 0 aromatic heterocycles. The second-order valence-corrected chi connectivity index (χ2v) is 4.59. The summed E-state index contributed by atoms with van der Waals surface area (Å²) in [6.45, 7) is 2.14. The number of hydrogen-bond acceptors (Lipinski definition) is 2. The van der Waals surface area contributed by atoms with Crippen molar-refractivity contribution in [3.05, 3.63) is 0 Å². The van der Waals surface area contributed by atoms with E-state index in [0.29, 0.717) is 5.92 Å². The Labute approximate surface area is 73.2 Å². The highest BCUT2D eigenvalue weighted by molar-refractivity contribution is 5.19. The van der Waals surface area contributed by atoms with Crippen LogP contribution in [-0.2, 0) is 0 Å². The molecule has 0 saturated heterocycles. The first-order valence-electron chi connectivity index (χ1n) is 4.76. The second-order valence-electron chi connectivity index (χ2n) is 4.59. The fourth-order valence-corrected chi connectivity index (χ4v) is 2.70. The van der Waals surface area contributed by atoms with Gasteiger partial charge in [-0.25, -0.2) is 0 Å². The van der Waals surface area contributed by atoms with Crippen molar-refractivity contribution in [2.75, 3.05) is 0 Å². The fourth-order valence-electron chi connectivity index (χ4n) is 2.70. The van der Waals surface area contributed by atoms with E-state index in [1.54, 1.807) is 0 Å². The average molecular weight is 165 g/mol. The topological polar surface area (TPSA) is 44.0 Å². The van der Waals surface area contributed by atoms with E-state index in [0.717, 1.165) is 32.1 Å². The predicted molar refractivity (Wildman–Crippen MR) is 45.2 cm³/mol.